The minimum Gasteiger partial charge on any atom is -0.384 e. The van der Waals surface area contributed by atoms with Gasteiger partial charge in [0.15, 0.2) is 0 Å². The van der Waals surface area contributed by atoms with Crippen LogP contribution in [0.1, 0.15) is 31.3 Å². The minimum atomic E-state index is -0.0876. The van der Waals surface area contributed by atoms with E-state index in [2.05, 4.69) is 10.3 Å². The Morgan fingerprint density at radius 2 is 2.21 bits per heavy atom. The van der Waals surface area contributed by atoms with Crippen molar-refractivity contribution in [2.75, 3.05) is 32.1 Å². The second-order valence-corrected chi connectivity index (χ2v) is 4.61. The summed E-state index contributed by atoms with van der Waals surface area (Å²) in [6, 6.07) is 3.60. The molecule has 0 atom stereocenters. The van der Waals surface area contributed by atoms with Crippen LogP contribution in [0.5, 0.6) is 0 Å². The van der Waals surface area contributed by atoms with E-state index in [4.69, 9.17) is 4.74 Å². The maximum absolute atomic E-state index is 12.1. The van der Waals surface area contributed by atoms with Gasteiger partial charge in [-0.3, -0.25) is 4.79 Å². The fourth-order valence-electron chi connectivity index (χ4n) is 1.55. The van der Waals surface area contributed by atoms with Crippen LogP contribution in [0.2, 0.25) is 0 Å². The number of ether oxygens (including phenoxy) is 1. The Hall–Kier alpha value is -1.62. The lowest BCUT2D eigenvalue weighted by Gasteiger charge is -2.17. The summed E-state index contributed by atoms with van der Waals surface area (Å²) < 4.78 is 5.43. The Morgan fingerprint density at radius 3 is 2.74 bits per heavy atom. The van der Waals surface area contributed by atoms with Gasteiger partial charge in [-0.25, -0.2) is 4.98 Å². The first-order valence-corrected chi connectivity index (χ1v) is 6.61. The van der Waals surface area contributed by atoms with Crippen LogP contribution in [0.15, 0.2) is 18.3 Å². The average Bonchev–Trinajstić information content (AvgIpc) is 2.38. The molecular weight excluding hydrogens is 242 g/mol. The van der Waals surface area contributed by atoms with Gasteiger partial charge in [0.1, 0.15) is 5.69 Å². The molecule has 0 saturated carbocycles. The molecule has 1 rings (SSSR count). The average molecular weight is 265 g/mol. The number of nitrogens with zero attached hydrogens (tertiary/aromatic N) is 2. The first kappa shape index (κ1) is 15.4. The second-order valence-electron chi connectivity index (χ2n) is 4.61. The third kappa shape index (κ3) is 5.26. The number of amides is 1. The number of pyridine rings is 1. The third-order valence-electron chi connectivity index (χ3n) is 2.59. The summed E-state index contributed by atoms with van der Waals surface area (Å²) in [7, 11) is 1.76. The van der Waals surface area contributed by atoms with Gasteiger partial charge in [-0.15, -0.1) is 0 Å². The van der Waals surface area contributed by atoms with Gasteiger partial charge in [0.05, 0.1) is 24.6 Å². The van der Waals surface area contributed by atoms with Gasteiger partial charge in [-0.2, -0.15) is 0 Å². The van der Waals surface area contributed by atoms with Crippen molar-refractivity contribution in [2.45, 2.75) is 26.9 Å². The van der Waals surface area contributed by atoms with Crippen molar-refractivity contribution < 1.29 is 9.53 Å². The topological polar surface area (TPSA) is 54.5 Å². The highest BCUT2D eigenvalue weighted by atomic mass is 16.5. The largest absolute Gasteiger partial charge is 0.384 e. The SMILES string of the molecule is CCNc1ccc(C(=O)N(C)CCOC(C)C)nc1. The first-order chi connectivity index (χ1) is 9.04. The van der Waals surface area contributed by atoms with Crippen molar-refractivity contribution in [2.24, 2.45) is 0 Å². The van der Waals surface area contributed by atoms with E-state index in [0.29, 0.717) is 18.8 Å². The van der Waals surface area contributed by atoms with Crippen LogP contribution in [0.25, 0.3) is 0 Å². The maximum Gasteiger partial charge on any atom is 0.272 e. The van der Waals surface area contributed by atoms with Crippen molar-refractivity contribution in [1.29, 1.82) is 0 Å². The molecule has 106 valence electrons. The molecule has 5 nitrogen and oxygen atoms in total. The van der Waals surface area contributed by atoms with E-state index in [1.165, 1.54) is 0 Å². The first-order valence-electron chi connectivity index (χ1n) is 6.61. The van der Waals surface area contributed by atoms with Crippen LogP contribution in [0.4, 0.5) is 5.69 Å². The Bertz CT molecular complexity index is 390. The number of likely N-dealkylation sites (N-methyl/N-ethyl adjacent to an activating group) is 1. The molecule has 0 bridgehead atoms. The van der Waals surface area contributed by atoms with E-state index < -0.39 is 0 Å². The fourth-order valence-corrected chi connectivity index (χ4v) is 1.55. The van der Waals surface area contributed by atoms with Gasteiger partial charge >= 0.3 is 0 Å². The van der Waals surface area contributed by atoms with Crippen LogP contribution in [0, 0.1) is 0 Å². The Morgan fingerprint density at radius 1 is 1.47 bits per heavy atom. The summed E-state index contributed by atoms with van der Waals surface area (Å²) in [5.41, 5.74) is 1.37. The summed E-state index contributed by atoms with van der Waals surface area (Å²) in [4.78, 5) is 17.9. The van der Waals surface area contributed by atoms with E-state index in [1.807, 2.05) is 26.8 Å². The Balaban J connectivity index is 2.51. The van der Waals surface area contributed by atoms with Gasteiger partial charge < -0.3 is 15.0 Å². The number of anilines is 1. The van der Waals surface area contributed by atoms with Crippen LogP contribution in [-0.2, 0) is 4.74 Å². The Labute approximate surface area is 115 Å². The number of hydrogen-bond donors (Lipinski definition) is 1. The second kappa shape index (κ2) is 7.74. The highest BCUT2D eigenvalue weighted by molar-refractivity contribution is 5.92. The maximum atomic E-state index is 12.1. The molecular formula is C14H23N3O2. The molecule has 19 heavy (non-hydrogen) atoms. The summed E-state index contributed by atoms with van der Waals surface area (Å²) in [6.45, 7) is 7.90. The molecule has 0 unspecified atom stereocenters. The zero-order valence-electron chi connectivity index (χ0n) is 12.1. The molecule has 0 fully saturated rings. The summed E-state index contributed by atoms with van der Waals surface area (Å²) in [5.74, 6) is -0.0876. The number of hydrogen-bond acceptors (Lipinski definition) is 4. The quantitative estimate of drug-likeness (QED) is 0.819. The van der Waals surface area contributed by atoms with E-state index >= 15 is 0 Å². The van der Waals surface area contributed by atoms with E-state index in [1.54, 1.807) is 24.2 Å². The summed E-state index contributed by atoms with van der Waals surface area (Å²) >= 11 is 0. The molecule has 1 aromatic rings. The zero-order valence-corrected chi connectivity index (χ0v) is 12.1. The number of aromatic nitrogens is 1. The summed E-state index contributed by atoms with van der Waals surface area (Å²) in [5, 5.41) is 3.14. The predicted molar refractivity (Wildman–Crippen MR) is 76.4 cm³/mol. The van der Waals surface area contributed by atoms with E-state index in [-0.39, 0.29) is 12.0 Å². The predicted octanol–water partition coefficient (Wildman–Crippen LogP) is 2.01. The molecule has 0 aromatic carbocycles. The molecule has 1 N–H and O–H groups in total. The monoisotopic (exact) mass is 265 g/mol. The molecule has 0 saturated heterocycles. The lowest BCUT2D eigenvalue weighted by molar-refractivity contribution is 0.0529. The molecule has 1 heterocycles. The van der Waals surface area contributed by atoms with Crippen LogP contribution in [-0.4, -0.2) is 48.6 Å². The number of carbonyl (C=O) groups excluding carboxylic acids is 1. The highest BCUT2D eigenvalue weighted by Gasteiger charge is 2.12. The van der Waals surface area contributed by atoms with Crippen LogP contribution >= 0.6 is 0 Å². The smallest absolute Gasteiger partial charge is 0.272 e. The summed E-state index contributed by atoms with van der Waals surface area (Å²) in [6.07, 6.45) is 1.86. The zero-order chi connectivity index (χ0) is 14.3. The number of nitrogens with one attached hydrogen (secondary N) is 1. The molecule has 5 heteroatoms. The lowest BCUT2D eigenvalue weighted by Crippen LogP contribution is -2.31. The molecule has 1 aromatic heterocycles. The van der Waals surface area contributed by atoms with Crippen LogP contribution in [0.3, 0.4) is 0 Å². The van der Waals surface area contributed by atoms with Gasteiger partial charge in [0.25, 0.3) is 5.91 Å². The van der Waals surface area contributed by atoms with Crippen molar-refractivity contribution in [1.82, 2.24) is 9.88 Å². The molecule has 0 aliphatic heterocycles. The van der Waals surface area contributed by atoms with Crippen LogP contribution < -0.4 is 5.32 Å². The van der Waals surface area contributed by atoms with E-state index in [9.17, 15) is 4.79 Å². The molecule has 0 aliphatic rings. The lowest BCUT2D eigenvalue weighted by atomic mass is 10.3. The molecule has 1 amide bonds. The molecule has 0 aliphatic carbocycles. The molecule has 0 spiro atoms. The number of carbonyl (C=O) groups is 1. The fraction of sp³-hybridized carbons (Fsp3) is 0.571. The van der Waals surface area contributed by atoms with E-state index in [0.717, 1.165) is 12.2 Å². The van der Waals surface area contributed by atoms with Crippen molar-refractivity contribution in [3.05, 3.63) is 24.0 Å². The van der Waals surface area contributed by atoms with Gasteiger partial charge in [0.2, 0.25) is 0 Å². The van der Waals surface area contributed by atoms with Crippen molar-refractivity contribution in [3.8, 4) is 0 Å². The van der Waals surface area contributed by atoms with Crippen molar-refractivity contribution >= 4 is 11.6 Å². The van der Waals surface area contributed by atoms with Crippen molar-refractivity contribution in [3.63, 3.8) is 0 Å². The van der Waals surface area contributed by atoms with Gasteiger partial charge in [-0.05, 0) is 32.9 Å². The normalized spacial score (nSPS) is 10.6. The number of rotatable bonds is 7. The standard InChI is InChI=1S/C14H23N3O2/c1-5-15-12-6-7-13(16-10-12)14(18)17(4)8-9-19-11(2)3/h6-7,10-11,15H,5,8-9H2,1-4H3. The molecule has 0 radical (unpaired) electrons. The van der Waals surface area contributed by atoms with Gasteiger partial charge in [0, 0.05) is 20.1 Å². The Kier molecular flexibility index (Phi) is 6.29. The highest BCUT2D eigenvalue weighted by Crippen LogP contribution is 2.07. The minimum absolute atomic E-state index is 0.0876. The van der Waals surface area contributed by atoms with Gasteiger partial charge in [-0.1, -0.05) is 0 Å². The third-order valence-corrected chi connectivity index (χ3v) is 2.59.